The lowest BCUT2D eigenvalue weighted by Crippen LogP contribution is -1.92. The molecule has 3 aromatic rings. The van der Waals surface area contributed by atoms with Crippen LogP contribution in [0.3, 0.4) is 0 Å². The quantitative estimate of drug-likeness (QED) is 0.763. The molecule has 0 aliphatic carbocycles. The van der Waals surface area contributed by atoms with Crippen LogP contribution in [0.1, 0.15) is 12.5 Å². The summed E-state index contributed by atoms with van der Waals surface area (Å²) < 4.78 is 10.7. The average Bonchev–Trinajstić information content (AvgIpc) is 3.05. The first-order valence-electron chi connectivity index (χ1n) is 7.63. The van der Waals surface area contributed by atoms with Gasteiger partial charge in [-0.1, -0.05) is 37.3 Å². The van der Waals surface area contributed by atoms with Crippen LogP contribution in [-0.4, -0.2) is 24.4 Å². The summed E-state index contributed by atoms with van der Waals surface area (Å²) in [6.07, 6.45) is 0.893. The van der Waals surface area contributed by atoms with Crippen LogP contribution >= 0.6 is 0 Å². The van der Waals surface area contributed by atoms with Crippen molar-refractivity contribution in [1.82, 2.24) is 10.2 Å². The molecule has 0 atom stereocenters. The lowest BCUT2D eigenvalue weighted by molar-refractivity contribution is 0.355. The van der Waals surface area contributed by atoms with Crippen molar-refractivity contribution in [2.75, 3.05) is 14.2 Å². The van der Waals surface area contributed by atoms with Crippen LogP contribution in [0.25, 0.3) is 22.5 Å². The number of aromatic nitrogens is 2. The molecule has 0 aliphatic rings. The van der Waals surface area contributed by atoms with Gasteiger partial charge in [0.1, 0.15) is 0 Å². The van der Waals surface area contributed by atoms with Crippen LogP contribution in [0, 0.1) is 0 Å². The molecule has 4 nitrogen and oxygen atoms in total. The summed E-state index contributed by atoms with van der Waals surface area (Å²) in [5.74, 6) is 1.42. The van der Waals surface area contributed by atoms with Gasteiger partial charge in [-0.05, 0) is 30.2 Å². The first kappa shape index (κ1) is 15.2. The molecular weight excluding hydrogens is 288 g/mol. The molecule has 0 radical (unpaired) electrons. The van der Waals surface area contributed by atoms with Gasteiger partial charge in [0.25, 0.3) is 0 Å². The van der Waals surface area contributed by atoms with Gasteiger partial charge in [0, 0.05) is 11.1 Å². The number of H-pyrrole nitrogens is 1. The van der Waals surface area contributed by atoms with Crippen LogP contribution in [0.2, 0.25) is 0 Å². The second-order valence-electron chi connectivity index (χ2n) is 5.22. The second kappa shape index (κ2) is 6.57. The topological polar surface area (TPSA) is 47.1 Å². The molecule has 0 amide bonds. The number of aromatic amines is 1. The summed E-state index contributed by atoms with van der Waals surface area (Å²) in [4.78, 5) is 0. The third-order valence-electron chi connectivity index (χ3n) is 3.94. The minimum absolute atomic E-state index is 0.705. The average molecular weight is 308 g/mol. The molecule has 3 rings (SSSR count). The van der Waals surface area contributed by atoms with E-state index in [2.05, 4.69) is 29.3 Å². The van der Waals surface area contributed by atoms with Gasteiger partial charge in [0.15, 0.2) is 11.5 Å². The number of rotatable bonds is 5. The van der Waals surface area contributed by atoms with Crippen LogP contribution in [0.15, 0.2) is 48.5 Å². The van der Waals surface area contributed by atoms with Crippen molar-refractivity contribution >= 4 is 0 Å². The number of nitrogens with zero attached hydrogens (tertiary/aromatic N) is 1. The fourth-order valence-electron chi connectivity index (χ4n) is 2.78. The minimum atomic E-state index is 0.705. The smallest absolute Gasteiger partial charge is 0.161 e. The predicted octanol–water partition coefficient (Wildman–Crippen LogP) is 4.32. The predicted molar refractivity (Wildman–Crippen MR) is 91.9 cm³/mol. The van der Waals surface area contributed by atoms with Crippen molar-refractivity contribution in [3.8, 4) is 34.0 Å². The highest BCUT2D eigenvalue weighted by Gasteiger charge is 2.16. The van der Waals surface area contributed by atoms with Crippen molar-refractivity contribution in [1.29, 1.82) is 0 Å². The fraction of sp³-hybridized carbons (Fsp3) is 0.211. The van der Waals surface area contributed by atoms with E-state index in [1.54, 1.807) is 14.2 Å². The Morgan fingerprint density at radius 1 is 0.913 bits per heavy atom. The molecule has 0 spiro atoms. The van der Waals surface area contributed by atoms with E-state index in [0.29, 0.717) is 11.5 Å². The maximum absolute atomic E-state index is 5.40. The van der Waals surface area contributed by atoms with Crippen LogP contribution < -0.4 is 9.47 Å². The van der Waals surface area contributed by atoms with Crippen LogP contribution in [0.4, 0.5) is 0 Å². The van der Waals surface area contributed by atoms with E-state index in [0.717, 1.165) is 28.9 Å². The highest BCUT2D eigenvalue weighted by Crippen LogP contribution is 2.35. The zero-order chi connectivity index (χ0) is 16.2. The van der Waals surface area contributed by atoms with Gasteiger partial charge in [-0.25, -0.2) is 0 Å². The first-order valence-corrected chi connectivity index (χ1v) is 7.63. The Bertz CT molecular complexity index is 794. The number of benzene rings is 2. The highest BCUT2D eigenvalue weighted by atomic mass is 16.5. The molecule has 0 bridgehead atoms. The van der Waals surface area contributed by atoms with E-state index in [-0.39, 0.29) is 0 Å². The molecule has 23 heavy (non-hydrogen) atoms. The van der Waals surface area contributed by atoms with E-state index >= 15 is 0 Å². The van der Waals surface area contributed by atoms with Crippen molar-refractivity contribution in [2.24, 2.45) is 0 Å². The molecule has 1 N–H and O–H groups in total. The number of methoxy groups -OCH3 is 2. The minimum Gasteiger partial charge on any atom is -0.493 e. The van der Waals surface area contributed by atoms with E-state index in [1.165, 1.54) is 5.56 Å². The van der Waals surface area contributed by atoms with E-state index in [1.807, 2.05) is 36.4 Å². The zero-order valence-corrected chi connectivity index (χ0v) is 13.6. The number of hydrogen-bond acceptors (Lipinski definition) is 3. The van der Waals surface area contributed by atoms with Crippen LogP contribution in [0.5, 0.6) is 11.5 Å². The highest BCUT2D eigenvalue weighted by molar-refractivity contribution is 5.75. The SMILES string of the molecule is CCc1c(-c2ccc(OC)c(OC)c2)n[nH]c1-c1ccccc1. The Labute approximate surface area is 136 Å². The van der Waals surface area contributed by atoms with E-state index in [4.69, 9.17) is 9.47 Å². The van der Waals surface area contributed by atoms with Gasteiger partial charge in [-0.2, -0.15) is 5.10 Å². The Morgan fingerprint density at radius 3 is 2.30 bits per heavy atom. The molecular formula is C19H20N2O2. The normalized spacial score (nSPS) is 10.6. The molecule has 0 unspecified atom stereocenters. The third kappa shape index (κ3) is 2.80. The molecule has 0 saturated carbocycles. The van der Waals surface area contributed by atoms with Crippen molar-refractivity contribution in [2.45, 2.75) is 13.3 Å². The Kier molecular flexibility index (Phi) is 4.33. The van der Waals surface area contributed by atoms with Gasteiger partial charge in [-0.3, -0.25) is 5.10 Å². The second-order valence-corrected chi connectivity index (χ2v) is 5.22. The number of hydrogen-bond donors (Lipinski definition) is 1. The van der Waals surface area contributed by atoms with E-state index < -0.39 is 0 Å². The molecule has 1 heterocycles. The molecule has 1 aromatic heterocycles. The van der Waals surface area contributed by atoms with Gasteiger partial charge in [0.05, 0.1) is 25.6 Å². The van der Waals surface area contributed by atoms with Gasteiger partial charge < -0.3 is 9.47 Å². The van der Waals surface area contributed by atoms with Gasteiger partial charge in [0.2, 0.25) is 0 Å². The molecule has 0 fully saturated rings. The van der Waals surface area contributed by atoms with Crippen molar-refractivity contribution in [3.63, 3.8) is 0 Å². The number of ether oxygens (including phenoxy) is 2. The maximum atomic E-state index is 5.40. The largest absolute Gasteiger partial charge is 0.493 e. The van der Waals surface area contributed by atoms with E-state index in [9.17, 15) is 0 Å². The first-order chi connectivity index (χ1) is 11.3. The van der Waals surface area contributed by atoms with Crippen molar-refractivity contribution in [3.05, 3.63) is 54.1 Å². The Hall–Kier alpha value is -2.75. The zero-order valence-electron chi connectivity index (χ0n) is 13.6. The molecule has 0 saturated heterocycles. The summed E-state index contributed by atoms with van der Waals surface area (Å²) in [5, 5.41) is 7.73. The van der Waals surface area contributed by atoms with Crippen LogP contribution in [-0.2, 0) is 6.42 Å². The molecule has 2 aromatic carbocycles. The molecule has 118 valence electrons. The van der Waals surface area contributed by atoms with Gasteiger partial charge in [-0.15, -0.1) is 0 Å². The molecule has 4 heteroatoms. The Morgan fingerprint density at radius 2 is 1.65 bits per heavy atom. The Balaban J connectivity index is 2.09. The lowest BCUT2D eigenvalue weighted by atomic mass is 10.00. The fourth-order valence-corrected chi connectivity index (χ4v) is 2.78. The lowest BCUT2D eigenvalue weighted by Gasteiger charge is -2.09. The monoisotopic (exact) mass is 308 g/mol. The summed E-state index contributed by atoms with van der Waals surface area (Å²) >= 11 is 0. The summed E-state index contributed by atoms with van der Waals surface area (Å²) in [7, 11) is 3.28. The standard InChI is InChI=1S/C19H20N2O2/c1-4-15-18(13-8-6-5-7-9-13)20-21-19(15)14-10-11-16(22-2)17(12-14)23-3/h5-12H,4H2,1-3H3,(H,20,21). The number of nitrogens with one attached hydrogen (secondary N) is 1. The van der Waals surface area contributed by atoms with Crippen molar-refractivity contribution < 1.29 is 9.47 Å². The summed E-state index contributed by atoms with van der Waals surface area (Å²) in [6.45, 7) is 2.14. The summed E-state index contributed by atoms with van der Waals surface area (Å²) in [6, 6.07) is 16.1. The third-order valence-corrected chi connectivity index (χ3v) is 3.94. The maximum Gasteiger partial charge on any atom is 0.161 e. The summed E-state index contributed by atoms with van der Waals surface area (Å²) in [5.41, 5.74) is 5.37. The van der Waals surface area contributed by atoms with Gasteiger partial charge >= 0.3 is 0 Å². The molecule has 0 aliphatic heterocycles.